The number of para-hydroxylation sites is 1. The third-order valence-corrected chi connectivity index (χ3v) is 24.7. The Kier molecular flexibility index (Phi) is 13.7. The van der Waals surface area contributed by atoms with Crippen molar-refractivity contribution in [2.45, 2.75) is 99.0 Å². The third kappa shape index (κ3) is 9.01. The van der Waals surface area contributed by atoms with Crippen LogP contribution < -0.4 is 20.7 Å². The molecule has 65 heavy (non-hydrogen) atoms. The first kappa shape index (κ1) is 46.6. The largest absolute Gasteiger partial charge is 0.402 e. The van der Waals surface area contributed by atoms with Gasteiger partial charge in [-0.15, -0.1) is 0 Å². The van der Waals surface area contributed by atoms with Crippen LogP contribution in [0.15, 0.2) is 186 Å². The molecule has 0 amide bonds. The average Bonchev–Trinajstić information content (AvgIpc) is 3.70. The van der Waals surface area contributed by atoms with Gasteiger partial charge in [-0.2, -0.15) is 0 Å². The number of rotatable bonds is 15. The zero-order valence-corrected chi connectivity index (χ0v) is 41.0. The molecule has 11 heteroatoms. The molecule has 338 valence electrons. The number of hydrogen-bond donors (Lipinski definition) is 2. The number of fused-ring (bicyclic) bond motifs is 1. The number of nitrogens with one attached hydrogen (secondary N) is 1. The number of aromatic amines is 1. The molecule has 1 aromatic heterocycles. The highest BCUT2D eigenvalue weighted by Crippen LogP contribution is 2.44. The molecule has 0 aliphatic carbocycles. The van der Waals surface area contributed by atoms with Crippen LogP contribution in [0.3, 0.4) is 0 Å². The molecule has 1 fully saturated rings. The highest BCUT2D eigenvalue weighted by atomic mass is 32.2. The predicted molar refractivity (Wildman–Crippen MR) is 265 cm³/mol. The summed E-state index contributed by atoms with van der Waals surface area (Å²) in [5.41, 5.74) is 1.35. The smallest absolute Gasteiger partial charge is 0.261 e. The molecule has 0 radical (unpaired) electrons. The SMILES string of the molecule is CC(C)(C)[Si](O[C@H]1[C@@H](OCCc2c(S(=O)(=O)c3ccccc3)[nH]c3ccccc23)O[C@H](CO)C[C@@H]1O[Si](c1ccccc1)(c1ccccc1)C(C)(C)C)(c1ccccc1)c1ccccc1. The van der Waals surface area contributed by atoms with E-state index in [1.807, 2.05) is 48.5 Å². The molecule has 0 unspecified atom stereocenters. The second-order valence-electron chi connectivity index (χ2n) is 19.0. The minimum absolute atomic E-state index is 0.0918. The lowest BCUT2D eigenvalue weighted by atomic mass is 10.0. The lowest BCUT2D eigenvalue weighted by Gasteiger charge is -2.52. The fourth-order valence-electron chi connectivity index (χ4n) is 9.85. The molecule has 1 saturated heterocycles. The summed E-state index contributed by atoms with van der Waals surface area (Å²) in [6.07, 6.45) is -2.44. The zero-order chi connectivity index (χ0) is 45.9. The van der Waals surface area contributed by atoms with E-state index >= 15 is 0 Å². The van der Waals surface area contributed by atoms with Crippen LogP contribution in [0.25, 0.3) is 10.9 Å². The Bertz CT molecular complexity index is 2660. The summed E-state index contributed by atoms with van der Waals surface area (Å²) in [6.45, 7) is 13.4. The lowest BCUT2D eigenvalue weighted by molar-refractivity contribution is -0.263. The van der Waals surface area contributed by atoms with E-state index in [-0.39, 0.29) is 34.6 Å². The average molecular weight is 924 g/mol. The van der Waals surface area contributed by atoms with Gasteiger partial charge in [-0.1, -0.05) is 199 Å². The molecule has 6 aromatic carbocycles. The molecule has 7 aromatic rings. The molecular formula is C54H61NO7SSi2. The number of benzene rings is 6. The quantitative estimate of drug-likeness (QED) is 0.0994. The molecule has 2 heterocycles. The number of ether oxygens (including phenoxy) is 2. The minimum Gasteiger partial charge on any atom is -0.402 e. The van der Waals surface area contributed by atoms with E-state index in [2.05, 4.69) is 144 Å². The van der Waals surface area contributed by atoms with Crippen LogP contribution in [0.5, 0.6) is 0 Å². The molecule has 1 aliphatic rings. The maximum atomic E-state index is 14.3. The number of hydrogen-bond acceptors (Lipinski definition) is 7. The maximum absolute atomic E-state index is 14.3. The highest BCUT2D eigenvalue weighted by molar-refractivity contribution is 7.91. The fourth-order valence-corrected chi connectivity index (χ4v) is 20.8. The Morgan fingerprint density at radius 2 is 1.05 bits per heavy atom. The lowest BCUT2D eigenvalue weighted by Crippen LogP contribution is -2.73. The van der Waals surface area contributed by atoms with Crippen molar-refractivity contribution >= 4 is 58.1 Å². The fraction of sp³-hybridized carbons (Fsp3) is 0.296. The first-order valence-electron chi connectivity index (χ1n) is 22.6. The van der Waals surface area contributed by atoms with Gasteiger partial charge in [0.15, 0.2) is 6.29 Å². The molecule has 0 spiro atoms. The first-order valence-corrected chi connectivity index (χ1v) is 27.9. The topological polar surface area (TPSA) is 107 Å². The molecule has 2 N–H and O–H groups in total. The van der Waals surface area contributed by atoms with Gasteiger partial charge in [0, 0.05) is 17.3 Å². The van der Waals surface area contributed by atoms with E-state index in [0.717, 1.165) is 31.6 Å². The van der Waals surface area contributed by atoms with Crippen LogP contribution in [0, 0.1) is 0 Å². The highest BCUT2D eigenvalue weighted by Gasteiger charge is 2.58. The minimum atomic E-state index is -3.92. The van der Waals surface area contributed by atoms with Gasteiger partial charge in [0.1, 0.15) is 11.1 Å². The van der Waals surface area contributed by atoms with Gasteiger partial charge in [0.25, 0.3) is 16.6 Å². The molecule has 0 bridgehead atoms. The summed E-state index contributed by atoms with van der Waals surface area (Å²) in [6, 6.07) is 58.3. The summed E-state index contributed by atoms with van der Waals surface area (Å²) in [5.74, 6) is 0. The van der Waals surface area contributed by atoms with Gasteiger partial charge >= 0.3 is 0 Å². The molecule has 8 rings (SSSR count). The van der Waals surface area contributed by atoms with Crippen LogP contribution in [-0.2, 0) is 34.6 Å². The van der Waals surface area contributed by atoms with Crippen molar-refractivity contribution in [2.24, 2.45) is 0 Å². The number of aliphatic hydroxyl groups is 1. The molecule has 0 saturated carbocycles. The molecular weight excluding hydrogens is 863 g/mol. The van der Waals surface area contributed by atoms with Crippen molar-refractivity contribution in [2.75, 3.05) is 13.2 Å². The molecule has 1 aliphatic heterocycles. The van der Waals surface area contributed by atoms with Gasteiger partial charge in [-0.05, 0) is 61.0 Å². The summed E-state index contributed by atoms with van der Waals surface area (Å²) in [5, 5.41) is 15.6. The van der Waals surface area contributed by atoms with Crippen molar-refractivity contribution in [3.63, 3.8) is 0 Å². The molecule has 4 atom stereocenters. The van der Waals surface area contributed by atoms with Gasteiger partial charge in [-0.25, -0.2) is 8.42 Å². The summed E-state index contributed by atoms with van der Waals surface area (Å²) in [7, 11) is -10.4. The van der Waals surface area contributed by atoms with Gasteiger partial charge in [0.05, 0.1) is 30.3 Å². The summed E-state index contributed by atoms with van der Waals surface area (Å²) < 4.78 is 58.5. The van der Waals surface area contributed by atoms with E-state index in [4.69, 9.17) is 18.3 Å². The number of aliphatic hydroxyl groups excluding tert-OH is 1. The normalized spacial score (nSPS) is 18.8. The third-order valence-electron chi connectivity index (χ3n) is 12.9. The standard InChI is InChI=1S/C54H61NO7SSi2/c1-53(2,3)64(42-26-14-8-15-27-42,43-28-16-9-17-29-43)61-49-38-40(39-56)60-52(50(49)62-65(54(4,5)6,44-30-18-10-19-31-44)45-32-20-11-21-33-45)59-37-36-47-46-34-22-23-35-48(46)55-51(47)63(57,58)41-24-12-7-13-25-41/h7-35,40,49-50,52,55-56H,36-39H2,1-6H3/t40-,49-,50+,52-/m0/s1. The van der Waals surface area contributed by atoms with E-state index in [0.29, 0.717) is 12.0 Å². The number of aromatic nitrogens is 1. The first-order chi connectivity index (χ1) is 31.2. The van der Waals surface area contributed by atoms with Crippen molar-refractivity contribution in [1.29, 1.82) is 0 Å². The van der Waals surface area contributed by atoms with Crippen LogP contribution in [-0.4, -0.2) is 73.0 Å². The summed E-state index contributed by atoms with van der Waals surface area (Å²) >= 11 is 0. The summed E-state index contributed by atoms with van der Waals surface area (Å²) in [4.78, 5) is 3.44. The number of sulfone groups is 1. The van der Waals surface area contributed by atoms with E-state index in [1.54, 1.807) is 30.3 Å². The Hall–Kier alpha value is -4.96. The second kappa shape index (κ2) is 19.1. The van der Waals surface area contributed by atoms with Crippen molar-refractivity contribution in [3.05, 3.63) is 181 Å². The van der Waals surface area contributed by atoms with E-state index < -0.39 is 56.1 Å². The predicted octanol–water partition coefficient (Wildman–Crippen LogP) is 8.56. The number of H-pyrrole nitrogens is 1. The van der Waals surface area contributed by atoms with E-state index in [9.17, 15) is 13.5 Å². The van der Waals surface area contributed by atoms with Crippen LogP contribution >= 0.6 is 0 Å². The van der Waals surface area contributed by atoms with Crippen molar-refractivity contribution < 1.29 is 31.9 Å². The maximum Gasteiger partial charge on any atom is 0.261 e. The molecule has 8 nitrogen and oxygen atoms in total. The Labute approximate surface area is 386 Å². The van der Waals surface area contributed by atoms with Crippen LogP contribution in [0.1, 0.15) is 53.5 Å². The zero-order valence-electron chi connectivity index (χ0n) is 38.2. The Balaban J connectivity index is 1.28. The van der Waals surface area contributed by atoms with Crippen LogP contribution in [0.4, 0.5) is 0 Å². The van der Waals surface area contributed by atoms with Crippen LogP contribution in [0.2, 0.25) is 10.1 Å². The van der Waals surface area contributed by atoms with Gasteiger partial charge in [-0.3, -0.25) is 0 Å². The van der Waals surface area contributed by atoms with Gasteiger partial charge < -0.3 is 28.4 Å². The Morgan fingerprint density at radius 3 is 1.51 bits per heavy atom. The Morgan fingerprint density at radius 1 is 0.615 bits per heavy atom. The van der Waals surface area contributed by atoms with Crippen molar-refractivity contribution in [3.8, 4) is 0 Å². The van der Waals surface area contributed by atoms with E-state index in [1.165, 1.54) is 0 Å². The second-order valence-corrected chi connectivity index (χ2v) is 29.4. The van der Waals surface area contributed by atoms with Gasteiger partial charge in [0.2, 0.25) is 9.84 Å². The van der Waals surface area contributed by atoms with Crippen molar-refractivity contribution in [1.82, 2.24) is 4.98 Å². The monoisotopic (exact) mass is 923 g/mol.